The van der Waals surface area contributed by atoms with Crippen molar-refractivity contribution in [3.05, 3.63) is 29.8 Å². The average Bonchev–Trinajstić information content (AvgIpc) is 2.37. The van der Waals surface area contributed by atoms with Gasteiger partial charge in [0.15, 0.2) is 0 Å². The van der Waals surface area contributed by atoms with Gasteiger partial charge in [-0.15, -0.1) is 0 Å². The molecule has 0 radical (unpaired) electrons. The highest BCUT2D eigenvalue weighted by Gasteiger charge is 2.11. The SMILES string of the molecule is CCCN(C)CC(NC)c1ccc(OC(C)C)cc1. The molecule has 1 unspecified atom stereocenters. The molecule has 0 bridgehead atoms. The number of nitrogens with zero attached hydrogens (tertiary/aromatic N) is 1. The molecule has 0 saturated heterocycles. The van der Waals surface area contributed by atoms with E-state index in [1.54, 1.807) is 0 Å². The van der Waals surface area contributed by atoms with Crippen LogP contribution in [-0.4, -0.2) is 38.2 Å². The molecule has 3 heteroatoms. The molecule has 0 aromatic heterocycles. The van der Waals surface area contributed by atoms with E-state index in [9.17, 15) is 0 Å². The Hall–Kier alpha value is -1.06. The highest BCUT2D eigenvalue weighted by molar-refractivity contribution is 5.29. The third kappa shape index (κ3) is 5.62. The summed E-state index contributed by atoms with van der Waals surface area (Å²) in [5.41, 5.74) is 1.31. The fourth-order valence-electron chi connectivity index (χ4n) is 2.20. The zero-order chi connectivity index (χ0) is 14.3. The van der Waals surface area contributed by atoms with Crippen molar-refractivity contribution in [3.8, 4) is 5.75 Å². The third-order valence-electron chi connectivity index (χ3n) is 3.10. The topological polar surface area (TPSA) is 24.5 Å². The predicted molar refractivity (Wildman–Crippen MR) is 81.8 cm³/mol. The lowest BCUT2D eigenvalue weighted by Gasteiger charge is -2.24. The monoisotopic (exact) mass is 264 g/mol. The van der Waals surface area contributed by atoms with Crippen LogP contribution in [0.4, 0.5) is 0 Å². The molecule has 0 heterocycles. The lowest BCUT2D eigenvalue weighted by atomic mass is 10.1. The summed E-state index contributed by atoms with van der Waals surface area (Å²) in [5, 5.41) is 3.39. The zero-order valence-electron chi connectivity index (χ0n) is 12.9. The second-order valence-corrected chi connectivity index (χ2v) is 5.34. The Balaban J connectivity index is 2.65. The van der Waals surface area contributed by atoms with E-state index in [0.29, 0.717) is 6.04 Å². The molecule has 1 N–H and O–H groups in total. The Morgan fingerprint density at radius 2 is 1.84 bits per heavy atom. The molecule has 0 saturated carbocycles. The van der Waals surface area contributed by atoms with Gasteiger partial charge in [-0.3, -0.25) is 0 Å². The van der Waals surface area contributed by atoms with E-state index >= 15 is 0 Å². The Morgan fingerprint density at radius 3 is 2.32 bits per heavy atom. The van der Waals surface area contributed by atoms with Crippen molar-refractivity contribution in [1.82, 2.24) is 10.2 Å². The van der Waals surface area contributed by atoms with Gasteiger partial charge in [0.2, 0.25) is 0 Å². The van der Waals surface area contributed by atoms with E-state index < -0.39 is 0 Å². The molecule has 1 aromatic rings. The Bertz CT molecular complexity index is 348. The van der Waals surface area contributed by atoms with Crippen LogP contribution < -0.4 is 10.1 Å². The van der Waals surface area contributed by atoms with Crippen LogP contribution >= 0.6 is 0 Å². The van der Waals surface area contributed by atoms with Crippen LogP contribution in [-0.2, 0) is 0 Å². The first-order valence-corrected chi connectivity index (χ1v) is 7.19. The van der Waals surface area contributed by atoms with Gasteiger partial charge in [0, 0.05) is 12.6 Å². The molecule has 108 valence electrons. The van der Waals surface area contributed by atoms with Gasteiger partial charge in [-0.05, 0) is 58.6 Å². The minimum Gasteiger partial charge on any atom is -0.491 e. The first kappa shape index (κ1) is 16.0. The quantitative estimate of drug-likeness (QED) is 0.781. The van der Waals surface area contributed by atoms with Crippen molar-refractivity contribution < 1.29 is 4.74 Å². The molecule has 1 atom stereocenters. The van der Waals surface area contributed by atoms with Gasteiger partial charge in [0.05, 0.1) is 6.10 Å². The first-order valence-electron chi connectivity index (χ1n) is 7.19. The Labute approximate surface area is 118 Å². The number of likely N-dealkylation sites (N-methyl/N-ethyl adjacent to an activating group) is 2. The van der Waals surface area contributed by atoms with Crippen LogP contribution in [0.2, 0.25) is 0 Å². The van der Waals surface area contributed by atoms with Crippen LogP contribution in [0, 0.1) is 0 Å². The molecule has 0 aliphatic carbocycles. The summed E-state index contributed by atoms with van der Waals surface area (Å²) in [7, 11) is 4.19. The second kappa shape index (κ2) is 8.18. The number of benzene rings is 1. The minimum atomic E-state index is 0.224. The molecule has 19 heavy (non-hydrogen) atoms. The fraction of sp³-hybridized carbons (Fsp3) is 0.625. The highest BCUT2D eigenvalue weighted by atomic mass is 16.5. The molecule has 0 spiro atoms. The van der Waals surface area contributed by atoms with E-state index in [0.717, 1.165) is 18.8 Å². The molecule has 1 rings (SSSR count). The summed E-state index contributed by atoms with van der Waals surface area (Å²) < 4.78 is 5.67. The lowest BCUT2D eigenvalue weighted by molar-refractivity contribution is 0.242. The van der Waals surface area contributed by atoms with Gasteiger partial charge in [0.25, 0.3) is 0 Å². The van der Waals surface area contributed by atoms with Gasteiger partial charge in [-0.2, -0.15) is 0 Å². The van der Waals surface area contributed by atoms with E-state index in [-0.39, 0.29) is 6.10 Å². The molecule has 3 nitrogen and oxygen atoms in total. The summed E-state index contributed by atoms with van der Waals surface area (Å²) in [6, 6.07) is 8.78. The summed E-state index contributed by atoms with van der Waals surface area (Å²) in [6.45, 7) is 8.46. The number of ether oxygens (including phenoxy) is 1. The zero-order valence-corrected chi connectivity index (χ0v) is 12.9. The van der Waals surface area contributed by atoms with Crippen LogP contribution in [0.25, 0.3) is 0 Å². The molecule has 0 fully saturated rings. The maximum absolute atomic E-state index is 5.67. The lowest BCUT2D eigenvalue weighted by Crippen LogP contribution is -2.31. The normalized spacial score (nSPS) is 13.0. The van der Waals surface area contributed by atoms with Crippen molar-refractivity contribution >= 4 is 0 Å². The summed E-state index contributed by atoms with van der Waals surface area (Å²) in [6.07, 6.45) is 1.41. The van der Waals surface area contributed by atoms with E-state index in [2.05, 4.69) is 48.5 Å². The van der Waals surface area contributed by atoms with Gasteiger partial charge < -0.3 is 15.0 Å². The highest BCUT2D eigenvalue weighted by Crippen LogP contribution is 2.19. The maximum Gasteiger partial charge on any atom is 0.119 e. The largest absolute Gasteiger partial charge is 0.491 e. The third-order valence-corrected chi connectivity index (χ3v) is 3.10. The standard InChI is InChI=1S/C16H28N2O/c1-6-11-18(5)12-16(17-4)14-7-9-15(10-8-14)19-13(2)3/h7-10,13,16-17H,6,11-12H2,1-5H3. The molecule has 1 aromatic carbocycles. The molecule has 0 amide bonds. The summed E-state index contributed by atoms with van der Waals surface area (Å²) in [4.78, 5) is 2.36. The van der Waals surface area contributed by atoms with Crippen molar-refractivity contribution in [1.29, 1.82) is 0 Å². The van der Waals surface area contributed by atoms with E-state index in [1.165, 1.54) is 12.0 Å². The number of nitrogens with one attached hydrogen (secondary N) is 1. The van der Waals surface area contributed by atoms with Gasteiger partial charge in [0.1, 0.15) is 5.75 Å². The van der Waals surface area contributed by atoms with Crippen molar-refractivity contribution in [3.63, 3.8) is 0 Å². The van der Waals surface area contributed by atoms with Crippen molar-refractivity contribution in [2.75, 3.05) is 27.2 Å². The van der Waals surface area contributed by atoms with Gasteiger partial charge in [-0.1, -0.05) is 19.1 Å². The van der Waals surface area contributed by atoms with Crippen molar-refractivity contribution in [2.45, 2.75) is 39.3 Å². The van der Waals surface area contributed by atoms with Gasteiger partial charge in [-0.25, -0.2) is 0 Å². The van der Waals surface area contributed by atoms with Crippen LogP contribution in [0.15, 0.2) is 24.3 Å². The van der Waals surface area contributed by atoms with Gasteiger partial charge >= 0.3 is 0 Å². The molecular weight excluding hydrogens is 236 g/mol. The smallest absolute Gasteiger partial charge is 0.119 e. The predicted octanol–water partition coefficient (Wildman–Crippen LogP) is 3.08. The average molecular weight is 264 g/mol. The summed E-state index contributed by atoms with van der Waals surface area (Å²) in [5.74, 6) is 0.940. The second-order valence-electron chi connectivity index (χ2n) is 5.34. The van der Waals surface area contributed by atoms with Crippen LogP contribution in [0.3, 0.4) is 0 Å². The number of rotatable bonds is 8. The Morgan fingerprint density at radius 1 is 1.21 bits per heavy atom. The number of hydrogen-bond acceptors (Lipinski definition) is 3. The van der Waals surface area contributed by atoms with Crippen LogP contribution in [0.1, 0.15) is 38.8 Å². The van der Waals surface area contributed by atoms with E-state index in [4.69, 9.17) is 4.74 Å². The maximum atomic E-state index is 5.67. The summed E-state index contributed by atoms with van der Waals surface area (Å²) >= 11 is 0. The van der Waals surface area contributed by atoms with Crippen LogP contribution in [0.5, 0.6) is 5.75 Å². The van der Waals surface area contributed by atoms with E-state index in [1.807, 2.05) is 20.9 Å². The Kier molecular flexibility index (Phi) is 6.89. The molecular formula is C16H28N2O. The molecule has 0 aliphatic heterocycles. The first-order chi connectivity index (χ1) is 9.06. The minimum absolute atomic E-state index is 0.224. The van der Waals surface area contributed by atoms with Crippen molar-refractivity contribution in [2.24, 2.45) is 0 Å². The molecule has 0 aliphatic rings. The fourth-order valence-corrected chi connectivity index (χ4v) is 2.20. The number of hydrogen-bond donors (Lipinski definition) is 1.